The molecule has 0 radical (unpaired) electrons. The molecule has 0 spiro atoms. The van der Waals surface area contributed by atoms with Gasteiger partial charge < -0.3 is 14.2 Å². The van der Waals surface area contributed by atoms with Crippen LogP contribution in [0.4, 0.5) is 5.95 Å². The first-order valence-electron chi connectivity index (χ1n) is 8.96. The summed E-state index contributed by atoms with van der Waals surface area (Å²) in [7, 11) is 3.10. The molecule has 10 heteroatoms. The van der Waals surface area contributed by atoms with Gasteiger partial charge in [-0.15, -0.1) is 10.2 Å². The summed E-state index contributed by atoms with van der Waals surface area (Å²) in [4.78, 5) is 14.9. The molecule has 156 valence electrons. The molecule has 2 N–H and O–H groups in total. The van der Waals surface area contributed by atoms with Gasteiger partial charge in [-0.2, -0.15) is 5.10 Å². The fourth-order valence-corrected chi connectivity index (χ4v) is 2.87. The Morgan fingerprint density at radius 1 is 1.17 bits per heavy atom. The molecule has 9 nitrogen and oxygen atoms in total. The van der Waals surface area contributed by atoms with Crippen molar-refractivity contribution in [3.63, 3.8) is 0 Å². The zero-order chi connectivity index (χ0) is 21.5. The van der Waals surface area contributed by atoms with Crippen LogP contribution in [0.15, 0.2) is 46.3 Å². The van der Waals surface area contributed by atoms with Crippen LogP contribution in [0, 0.1) is 0 Å². The normalized spacial score (nSPS) is 10.8. The third-order valence-corrected chi connectivity index (χ3v) is 4.27. The highest BCUT2D eigenvalue weighted by Gasteiger charge is 2.11. The number of aromatic nitrogens is 3. The van der Waals surface area contributed by atoms with E-state index in [4.69, 9.17) is 25.8 Å². The van der Waals surface area contributed by atoms with Gasteiger partial charge in [0, 0.05) is 5.56 Å². The second-order valence-electron chi connectivity index (χ2n) is 5.92. The molecular formula is C20H20ClN5O4. The monoisotopic (exact) mass is 429 g/mol. The first-order valence-corrected chi connectivity index (χ1v) is 9.34. The highest BCUT2D eigenvalue weighted by Crippen LogP contribution is 2.36. The predicted molar refractivity (Wildman–Crippen MR) is 115 cm³/mol. The molecule has 0 aliphatic rings. The maximum Gasteiger partial charge on any atom is 0.279 e. The van der Waals surface area contributed by atoms with Crippen LogP contribution in [0.5, 0.6) is 17.2 Å². The molecule has 0 aliphatic carbocycles. The number of hydrogen-bond donors (Lipinski definition) is 2. The molecule has 2 aromatic carbocycles. The number of benzene rings is 2. The van der Waals surface area contributed by atoms with Crippen molar-refractivity contribution >= 4 is 23.8 Å². The van der Waals surface area contributed by atoms with E-state index in [2.05, 4.69) is 25.7 Å². The van der Waals surface area contributed by atoms with Gasteiger partial charge in [-0.3, -0.25) is 9.78 Å². The van der Waals surface area contributed by atoms with Crippen molar-refractivity contribution in [2.45, 2.75) is 6.92 Å². The molecule has 30 heavy (non-hydrogen) atoms. The van der Waals surface area contributed by atoms with E-state index in [1.807, 2.05) is 6.92 Å². The third-order valence-electron chi connectivity index (χ3n) is 3.98. The number of halogens is 1. The topological polar surface area (TPSA) is 111 Å². The zero-order valence-corrected chi connectivity index (χ0v) is 17.4. The molecule has 0 amide bonds. The number of anilines is 1. The second kappa shape index (κ2) is 9.75. The molecule has 3 rings (SSSR count). The van der Waals surface area contributed by atoms with Crippen LogP contribution in [0.2, 0.25) is 5.02 Å². The van der Waals surface area contributed by atoms with Crippen molar-refractivity contribution in [2.24, 2.45) is 5.10 Å². The Kier molecular flexibility index (Phi) is 6.87. The van der Waals surface area contributed by atoms with E-state index in [1.165, 1.54) is 13.3 Å². The summed E-state index contributed by atoms with van der Waals surface area (Å²) in [5, 5.41) is 12.4. The minimum Gasteiger partial charge on any atom is -0.497 e. The van der Waals surface area contributed by atoms with Gasteiger partial charge in [0.1, 0.15) is 5.75 Å². The van der Waals surface area contributed by atoms with Gasteiger partial charge in [0.25, 0.3) is 5.56 Å². The van der Waals surface area contributed by atoms with Gasteiger partial charge >= 0.3 is 0 Å². The van der Waals surface area contributed by atoms with E-state index < -0.39 is 5.56 Å². The van der Waals surface area contributed by atoms with Gasteiger partial charge in [-0.25, -0.2) is 5.43 Å². The molecule has 0 atom stereocenters. The average Bonchev–Trinajstić information content (AvgIpc) is 2.75. The van der Waals surface area contributed by atoms with Crippen molar-refractivity contribution in [1.29, 1.82) is 0 Å². The Balaban J connectivity index is 1.74. The number of hydrazone groups is 1. The summed E-state index contributed by atoms with van der Waals surface area (Å²) in [6, 6.07) is 10.3. The lowest BCUT2D eigenvalue weighted by molar-refractivity contribution is 0.311. The minimum absolute atomic E-state index is 0.0949. The van der Waals surface area contributed by atoms with Crippen LogP contribution in [0.1, 0.15) is 12.5 Å². The summed E-state index contributed by atoms with van der Waals surface area (Å²) >= 11 is 6.24. The molecular weight excluding hydrogens is 410 g/mol. The van der Waals surface area contributed by atoms with Gasteiger partial charge in [-0.05, 0) is 48.9 Å². The van der Waals surface area contributed by atoms with Crippen LogP contribution in [0.3, 0.4) is 0 Å². The number of ether oxygens (including phenoxy) is 3. The van der Waals surface area contributed by atoms with Crippen LogP contribution in [-0.4, -0.2) is 42.2 Å². The van der Waals surface area contributed by atoms with E-state index in [1.54, 1.807) is 43.5 Å². The minimum atomic E-state index is -0.404. The molecule has 1 heterocycles. The number of nitrogens with one attached hydrogen (secondary N) is 2. The largest absolute Gasteiger partial charge is 0.497 e. The summed E-state index contributed by atoms with van der Waals surface area (Å²) in [6.45, 7) is 2.32. The summed E-state index contributed by atoms with van der Waals surface area (Å²) in [6.07, 6.45) is 1.50. The van der Waals surface area contributed by atoms with Crippen molar-refractivity contribution in [1.82, 2.24) is 15.2 Å². The number of aromatic amines is 1. The number of hydrogen-bond acceptors (Lipinski definition) is 8. The standard InChI is InChI=1S/C20H20ClN5O4/c1-4-30-18-15(21)9-12(10-16(18)29-3)11-22-25-20-23-19(27)17(24-26-20)13-5-7-14(28-2)8-6-13/h5-11H,4H2,1-3H3,(H2,23,25,26,27)/b22-11+. The number of H-pyrrole nitrogens is 1. The second-order valence-corrected chi connectivity index (χ2v) is 6.32. The van der Waals surface area contributed by atoms with Crippen molar-refractivity contribution < 1.29 is 14.2 Å². The Morgan fingerprint density at radius 2 is 1.93 bits per heavy atom. The fourth-order valence-electron chi connectivity index (χ4n) is 2.59. The van der Waals surface area contributed by atoms with Crippen LogP contribution < -0.4 is 25.2 Å². The highest BCUT2D eigenvalue weighted by atomic mass is 35.5. The van der Waals surface area contributed by atoms with Crippen LogP contribution >= 0.6 is 11.6 Å². The van der Waals surface area contributed by atoms with E-state index in [-0.39, 0.29) is 11.6 Å². The molecule has 3 aromatic rings. The Morgan fingerprint density at radius 3 is 2.57 bits per heavy atom. The fraction of sp³-hybridized carbons (Fsp3) is 0.200. The smallest absolute Gasteiger partial charge is 0.279 e. The lowest BCUT2D eigenvalue weighted by Gasteiger charge is -2.11. The molecule has 0 aliphatic heterocycles. The Labute approximate surface area is 177 Å². The molecule has 0 saturated carbocycles. The molecule has 0 bridgehead atoms. The Hall–Kier alpha value is -3.59. The average molecular weight is 430 g/mol. The van der Waals surface area contributed by atoms with Gasteiger partial charge in [-0.1, -0.05) is 11.6 Å². The molecule has 0 unspecified atom stereocenters. The zero-order valence-electron chi connectivity index (χ0n) is 16.6. The molecule has 1 aromatic heterocycles. The number of nitrogens with zero attached hydrogens (tertiary/aromatic N) is 3. The molecule has 0 saturated heterocycles. The lowest BCUT2D eigenvalue weighted by atomic mass is 10.1. The van der Waals surface area contributed by atoms with Gasteiger partial charge in [0.05, 0.1) is 32.1 Å². The van der Waals surface area contributed by atoms with E-state index >= 15 is 0 Å². The third kappa shape index (κ3) is 4.87. The van der Waals surface area contributed by atoms with Crippen molar-refractivity contribution in [3.05, 3.63) is 57.3 Å². The number of rotatable bonds is 8. The van der Waals surface area contributed by atoms with E-state index in [9.17, 15) is 4.79 Å². The number of methoxy groups -OCH3 is 2. The highest BCUT2D eigenvalue weighted by molar-refractivity contribution is 6.32. The summed E-state index contributed by atoms with van der Waals surface area (Å²) in [5.74, 6) is 1.73. The van der Waals surface area contributed by atoms with Gasteiger partial charge in [0.15, 0.2) is 17.2 Å². The maximum atomic E-state index is 12.3. The maximum absolute atomic E-state index is 12.3. The lowest BCUT2D eigenvalue weighted by Crippen LogP contribution is -2.15. The van der Waals surface area contributed by atoms with Crippen molar-refractivity contribution in [3.8, 4) is 28.5 Å². The van der Waals surface area contributed by atoms with Crippen LogP contribution in [-0.2, 0) is 0 Å². The Bertz CT molecular complexity index is 1100. The quantitative estimate of drug-likeness (QED) is 0.417. The first-order chi connectivity index (χ1) is 14.5. The summed E-state index contributed by atoms with van der Waals surface area (Å²) < 4.78 is 15.9. The summed E-state index contributed by atoms with van der Waals surface area (Å²) in [5.41, 5.74) is 3.70. The van der Waals surface area contributed by atoms with E-state index in [0.29, 0.717) is 40.0 Å². The van der Waals surface area contributed by atoms with Crippen molar-refractivity contribution in [2.75, 3.05) is 26.3 Å². The SMILES string of the molecule is CCOc1c(Cl)cc(/C=N/Nc2nnc(-c3ccc(OC)cc3)c(=O)[nH]2)cc1OC. The first kappa shape index (κ1) is 21.1. The van der Waals surface area contributed by atoms with E-state index in [0.717, 1.165) is 0 Å². The predicted octanol–water partition coefficient (Wildman–Crippen LogP) is 3.35. The van der Waals surface area contributed by atoms with Gasteiger partial charge in [0.2, 0.25) is 5.95 Å². The molecule has 0 fully saturated rings. The van der Waals surface area contributed by atoms with Crippen LogP contribution in [0.25, 0.3) is 11.3 Å².